The van der Waals surface area contributed by atoms with Crippen molar-refractivity contribution in [3.8, 4) is 5.75 Å². The predicted molar refractivity (Wildman–Crippen MR) is 93.3 cm³/mol. The van der Waals surface area contributed by atoms with Gasteiger partial charge in [-0.25, -0.2) is 15.0 Å². The first-order valence-electron chi connectivity index (χ1n) is 8.07. The lowest BCUT2D eigenvalue weighted by Crippen LogP contribution is -2.09. The van der Waals surface area contributed by atoms with Crippen molar-refractivity contribution in [2.45, 2.75) is 26.2 Å². The van der Waals surface area contributed by atoms with Crippen molar-refractivity contribution in [3.05, 3.63) is 29.8 Å². The zero-order chi connectivity index (χ0) is 17.8. The topological polar surface area (TPSA) is 98.3 Å². The third-order valence-electron chi connectivity index (χ3n) is 3.82. The van der Waals surface area contributed by atoms with E-state index in [9.17, 15) is 4.79 Å². The smallest absolute Gasteiger partial charge is 0.222 e. The Morgan fingerprint density at radius 2 is 2.16 bits per heavy atom. The second-order valence-corrected chi connectivity index (χ2v) is 5.89. The highest BCUT2D eigenvalue weighted by Gasteiger charge is 2.21. The van der Waals surface area contributed by atoms with Crippen LogP contribution < -0.4 is 15.4 Å². The Hall–Kier alpha value is -2.74. The van der Waals surface area contributed by atoms with Crippen molar-refractivity contribution in [3.63, 3.8) is 0 Å². The normalized spacial score (nSPS) is 16.5. The number of nitrogens with zero attached hydrogens (tertiary/aromatic N) is 3. The van der Waals surface area contributed by atoms with Crippen LogP contribution in [-0.4, -0.2) is 41.2 Å². The number of aromatic nitrogens is 3. The summed E-state index contributed by atoms with van der Waals surface area (Å²) in [6.07, 6.45) is 2.47. The molecular weight excluding hydrogens is 322 g/mol. The van der Waals surface area contributed by atoms with Gasteiger partial charge in [0, 0.05) is 37.3 Å². The molecular formula is C17H21N5O3. The molecule has 25 heavy (non-hydrogen) atoms. The van der Waals surface area contributed by atoms with E-state index < -0.39 is 0 Å². The molecule has 1 saturated heterocycles. The van der Waals surface area contributed by atoms with Crippen molar-refractivity contribution in [1.82, 2.24) is 15.0 Å². The first kappa shape index (κ1) is 17.1. The van der Waals surface area contributed by atoms with Gasteiger partial charge in [-0.3, -0.25) is 4.79 Å². The summed E-state index contributed by atoms with van der Waals surface area (Å²) in [5, 5.41) is 5.89. The summed E-state index contributed by atoms with van der Waals surface area (Å²) in [6.45, 7) is 4.75. The minimum atomic E-state index is -0.190. The second-order valence-electron chi connectivity index (χ2n) is 5.89. The molecule has 0 radical (unpaired) electrons. The van der Waals surface area contributed by atoms with Crippen LogP contribution in [0.15, 0.2) is 18.3 Å². The zero-order valence-electron chi connectivity index (χ0n) is 14.5. The van der Waals surface area contributed by atoms with Crippen LogP contribution in [0, 0.1) is 6.92 Å². The van der Waals surface area contributed by atoms with E-state index in [1.165, 1.54) is 6.92 Å². The molecule has 2 aromatic heterocycles. The van der Waals surface area contributed by atoms with Crippen LogP contribution in [0.4, 0.5) is 17.3 Å². The molecule has 132 valence electrons. The van der Waals surface area contributed by atoms with Gasteiger partial charge in [-0.2, -0.15) is 0 Å². The highest BCUT2D eigenvalue weighted by atomic mass is 16.5. The molecule has 1 fully saturated rings. The number of rotatable bonds is 5. The van der Waals surface area contributed by atoms with Crippen LogP contribution in [-0.2, 0) is 9.53 Å². The van der Waals surface area contributed by atoms with Crippen LogP contribution in [0.1, 0.15) is 30.8 Å². The molecule has 1 atom stereocenters. The van der Waals surface area contributed by atoms with Gasteiger partial charge in [0.25, 0.3) is 0 Å². The summed E-state index contributed by atoms with van der Waals surface area (Å²) in [5.74, 6) is 2.45. The van der Waals surface area contributed by atoms with E-state index in [1.807, 2.05) is 13.0 Å². The SMILES string of the molecule is COc1cnc(NC(C)=O)cc1Nc1cc(C)nc(C2CCOC2)n1. The van der Waals surface area contributed by atoms with Crippen LogP contribution >= 0.6 is 0 Å². The summed E-state index contributed by atoms with van der Waals surface area (Å²) in [6, 6.07) is 3.56. The average Bonchev–Trinajstić information content (AvgIpc) is 3.08. The lowest BCUT2D eigenvalue weighted by molar-refractivity contribution is -0.114. The maximum atomic E-state index is 11.2. The number of pyridine rings is 1. The second kappa shape index (κ2) is 7.43. The fourth-order valence-electron chi connectivity index (χ4n) is 2.67. The van der Waals surface area contributed by atoms with Gasteiger partial charge >= 0.3 is 0 Å². The van der Waals surface area contributed by atoms with Gasteiger partial charge in [0.15, 0.2) is 5.75 Å². The lowest BCUT2D eigenvalue weighted by Gasteiger charge is -2.14. The van der Waals surface area contributed by atoms with Gasteiger partial charge < -0.3 is 20.1 Å². The number of carbonyl (C=O) groups excluding carboxylic acids is 1. The van der Waals surface area contributed by atoms with E-state index in [0.717, 1.165) is 24.5 Å². The van der Waals surface area contributed by atoms with Crippen LogP contribution in [0.25, 0.3) is 0 Å². The number of methoxy groups -OCH3 is 1. The Balaban J connectivity index is 1.89. The van der Waals surface area contributed by atoms with Gasteiger partial charge in [-0.15, -0.1) is 0 Å². The molecule has 0 aliphatic carbocycles. The molecule has 2 aromatic rings. The molecule has 8 heteroatoms. The molecule has 1 amide bonds. The fourth-order valence-corrected chi connectivity index (χ4v) is 2.67. The minimum Gasteiger partial charge on any atom is -0.493 e. The van der Waals surface area contributed by atoms with Gasteiger partial charge in [0.2, 0.25) is 5.91 Å². The van der Waals surface area contributed by atoms with E-state index in [0.29, 0.717) is 29.7 Å². The average molecular weight is 343 g/mol. The highest BCUT2D eigenvalue weighted by Crippen LogP contribution is 2.30. The molecule has 0 bridgehead atoms. The molecule has 3 heterocycles. The van der Waals surface area contributed by atoms with Crippen molar-refractivity contribution in [2.24, 2.45) is 0 Å². The van der Waals surface area contributed by atoms with Gasteiger partial charge in [-0.05, 0) is 13.3 Å². The quantitative estimate of drug-likeness (QED) is 0.860. The largest absolute Gasteiger partial charge is 0.493 e. The summed E-state index contributed by atoms with van der Waals surface area (Å²) in [4.78, 5) is 24.5. The number of hydrogen-bond donors (Lipinski definition) is 2. The van der Waals surface area contributed by atoms with E-state index >= 15 is 0 Å². The van der Waals surface area contributed by atoms with Gasteiger partial charge in [-0.1, -0.05) is 0 Å². The highest BCUT2D eigenvalue weighted by molar-refractivity contribution is 5.88. The number of amides is 1. The van der Waals surface area contributed by atoms with Crippen molar-refractivity contribution in [1.29, 1.82) is 0 Å². The molecule has 0 aromatic carbocycles. The van der Waals surface area contributed by atoms with Crippen LogP contribution in [0.3, 0.4) is 0 Å². The number of anilines is 3. The Morgan fingerprint density at radius 3 is 2.84 bits per heavy atom. The Kier molecular flexibility index (Phi) is 5.08. The number of carbonyl (C=O) groups is 1. The van der Waals surface area contributed by atoms with Crippen molar-refractivity contribution >= 4 is 23.2 Å². The van der Waals surface area contributed by atoms with E-state index in [-0.39, 0.29) is 11.8 Å². The molecule has 1 unspecified atom stereocenters. The zero-order valence-corrected chi connectivity index (χ0v) is 14.5. The van der Waals surface area contributed by atoms with Crippen LogP contribution in [0.5, 0.6) is 5.75 Å². The van der Waals surface area contributed by atoms with Gasteiger partial charge in [0.1, 0.15) is 17.5 Å². The van der Waals surface area contributed by atoms with Gasteiger partial charge in [0.05, 0.1) is 25.6 Å². The standard InChI is InChI=1S/C17H21N5O3/c1-10-6-16(22-17(19-10)12-4-5-25-9-12)21-13-7-15(20-11(2)23)18-8-14(13)24-3/h6-8,12H,4-5,9H2,1-3H3,(H2,18,19,20,21,22,23). The maximum absolute atomic E-state index is 11.2. The Bertz CT molecular complexity index is 775. The summed E-state index contributed by atoms with van der Waals surface area (Å²) >= 11 is 0. The number of aryl methyl sites for hydroxylation is 1. The third-order valence-corrected chi connectivity index (χ3v) is 3.82. The number of hydrogen-bond acceptors (Lipinski definition) is 7. The van der Waals surface area contributed by atoms with E-state index in [1.54, 1.807) is 19.4 Å². The monoisotopic (exact) mass is 343 g/mol. The molecule has 0 spiro atoms. The van der Waals surface area contributed by atoms with E-state index in [4.69, 9.17) is 9.47 Å². The summed E-state index contributed by atoms with van der Waals surface area (Å²) in [7, 11) is 1.56. The minimum absolute atomic E-state index is 0.190. The van der Waals surface area contributed by atoms with Crippen molar-refractivity contribution in [2.75, 3.05) is 31.0 Å². The lowest BCUT2D eigenvalue weighted by atomic mass is 10.1. The fraction of sp³-hybridized carbons (Fsp3) is 0.412. The maximum Gasteiger partial charge on any atom is 0.222 e. The molecule has 1 aliphatic heterocycles. The predicted octanol–water partition coefficient (Wildman–Crippen LogP) is 2.39. The third kappa shape index (κ3) is 4.21. The van der Waals surface area contributed by atoms with Crippen molar-refractivity contribution < 1.29 is 14.3 Å². The summed E-state index contributed by atoms with van der Waals surface area (Å²) < 4.78 is 10.8. The molecule has 2 N–H and O–H groups in total. The molecule has 0 saturated carbocycles. The molecule has 3 rings (SSSR count). The summed E-state index contributed by atoms with van der Waals surface area (Å²) in [5.41, 5.74) is 1.53. The molecule has 8 nitrogen and oxygen atoms in total. The molecule has 1 aliphatic rings. The number of nitrogens with one attached hydrogen (secondary N) is 2. The Labute approximate surface area is 146 Å². The Morgan fingerprint density at radius 1 is 1.32 bits per heavy atom. The number of ether oxygens (including phenoxy) is 2. The van der Waals surface area contributed by atoms with Crippen LogP contribution in [0.2, 0.25) is 0 Å². The first-order chi connectivity index (χ1) is 12.0. The first-order valence-corrected chi connectivity index (χ1v) is 8.07. The van der Waals surface area contributed by atoms with E-state index in [2.05, 4.69) is 25.6 Å².